The van der Waals surface area contributed by atoms with Crippen molar-refractivity contribution in [1.29, 1.82) is 0 Å². The maximum atomic E-state index is 6.11. The van der Waals surface area contributed by atoms with Crippen molar-refractivity contribution in [3.63, 3.8) is 0 Å². The number of ether oxygens (including phenoxy) is 1. The Bertz CT molecular complexity index is 641. The number of halogens is 1. The highest BCUT2D eigenvalue weighted by Gasteiger charge is 2.15. The predicted molar refractivity (Wildman–Crippen MR) is 83.1 cm³/mol. The molecule has 0 aliphatic rings. The van der Waals surface area contributed by atoms with Crippen LogP contribution in [-0.4, -0.2) is 32.9 Å². The highest BCUT2D eigenvalue weighted by Crippen LogP contribution is 2.22. The van der Waals surface area contributed by atoms with E-state index >= 15 is 0 Å². The smallest absolute Gasteiger partial charge is 0.318 e. The van der Waals surface area contributed by atoms with Crippen molar-refractivity contribution in [2.45, 2.75) is 33.2 Å². The number of hydrogen-bond donors (Lipinski definition) is 1. The first-order chi connectivity index (χ1) is 9.92. The van der Waals surface area contributed by atoms with Crippen LogP contribution in [0.2, 0.25) is 5.02 Å². The normalized spacial score (nSPS) is 12.3. The lowest BCUT2D eigenvalue weighted by atomic mass is 10.1. The van der Waals surface area contributed by atoms with Crippen molar-refractivity contribution >= 4 is 17.4 Å². The van der Waals surface area contributed by atoms with Gasteiger partial charge in [-0.15, -0.1) is 0 Å². The van der Waals surface area contributed by atoms with Gasteiger partial charge in [0.2, 0.25) is 0 Å². The van der Waals surface area contributed by atoms with E-state index < -0.39 is 0 Å². The summed E-state index contributed by atoms with van der Waals surface area (Å²) in [6.07, 6.45) is 2.37. The summed E-state index contributed by atoms with van der Waals surface area (Å²) in [4.78, 5) is 8.19. The summed E-state index contributed by atoms with van der Waals surface area (Å²) >= 11 is 6.11. The maximum absolute atomic E-state index is 6.11. The second kappa shape index (κ2) is 6.30. The summed E-state index contributed by atoms with van der Waals surface area (Å²) in [7, 11) is 3.48. The topological polar surface area (TPSA) is 64.9 Å². The Morgan fingerprint density at radius 1 is 1.43 bits per heavy atom. The van der Waals surface area contributed by atoms with Gasteiger partial charge in [0.05, 0.1) is 19.0 Å². The zero-order chi connectivity index (χ0) is 15.6. The average molecular weight is 310 g/mol. The number of nitrogens with zero attached hydrogens (tertiary/aromatic N) is 4. The number of anilines is 1. The molecule has 114 valence electrons. The second-order valence-electron chi connectivity index (χ2n) is 5.08. The second-order valence-corrected chi connectivity index (χ2v) is 5.48. The monoisotopic (exact) mass is 309 g/mol. The Labute approximate surface area is 129 Å². The molecule has 0 fully saturated rings. The Balaban J connectivity index is 2.13. The van der Waals surface area contributed by atoms with Crippen LogP contribution in [0.4, 0.5) is 5.82 Å². The Morgan fingerprint density at radius 3 is 2.71 bits per heavy atom. The van der Waals surface area contributed by atoms with Gasteiger partial charge in [0.1, 0.15) is 5.02 Å². The first-order valence-corrected chi connectivity index (χ1v) is 7.12. The minimum absolute atomic E-state index is 0.156. The Kier molecular flexibility index (Phi) is 4.67. The van der Waals surface area contributed by atoms with E-state index in [1.807, 2.05) is 18.7 Å². The van der Waals surface area contributed by atoms with Crippen molar-refractivity contribution in [3.05, 3.63) is 28.2 Å². The number of aromatic nitrogens is 4. The van der Waals surface area contributed by atoms with Gasteiger partial charge in [-0.1, -0.05) is 11.6 Å². The van der Waals surface area contributed by atoms with Crippen LogP contribution in [0, 0.1) is 13.8 Å². The van der Waals surface area contributed by atoms with Crippen LogP contribution in [0.15, 0.2) is 6.20 Å². The molecule has 2 aromatic heterocycles. The van der Waals surface area contributed by atoms with Crippen LogP contribution in [0.1, 0.15) is 23.9 Å². The zero-order valence-corrected chi connectivity index (χ0v) is 13.7. The molecule has 1 unspecified atom stereocenters. The highest BCUT2D eigenvalue weighted by molar-refractivity contribution is 6.32. The van der Waals surface area contributed by atoms with E-state index in [0.717, 1.165) is 12.1 Å². The molecule has 0 radical (unpaired) electrons. The van der Waals surface area contributed by atoms with Gasteiger partial charge in [0.15, 0.2) is 5.82 Å². The molecule has 1 N–H and O–H groups in total. The molecule has 6 nitrogen and oxygen atoms in total. The summed E-state index contributed by atoms with van der Waals surface area (Å²) in [5, 5.41) is 8.20. The van der Waals surface area contributed by atoms with Gasteiger partial charge in [-0.3, -0.25) is 4.68 Å². The fourth-order valence-electron chi connectivity index (χ4n) is 2.25. The molecule has 0 saturated heterocycles. The van der Waals surface area contributed by atoms with Crippen molar-refractivity contribution in [1.82, 2.24) is 19.7 Å². The highest BCUT2D eigenvalue weighted by atomic mass is 35.5. The number of aryl methyl sites for hydroxylation is 2. The standard InChI is InChI=1S/C14H20ClN5O/c1-8(6-11-9(2)19-20(4)10(11)3)17-13-12(15)7-16-14(18-13)21-5/h7-8H,6H2,1-5H3,(H,16,17,18). The molecule has 7 heteroatoms. The first-order valence-electron chi connectivity index (χ1n) is 6.74. The van der Waals surface area contributed by atoms with E-state index in [4.69, 9.17) is 16.3 Å². The number of rotatable bonds is 5. The lowest BCUT2D eigenvalue weighted by Crippen LogP contribution is -2.20. The average Bonchev–Trinajstić information content (AvgIpc) is 2.68. The molecule has 2 rings (SSSR count). The van der Waals surface area contributed by atoms with Crippen LogP contribution in [0.5, 0.6) is 6.01 Å². The predicted octanol–water partition coefficient (Wildman–Crippen LogP) is 2.53. The van der Waals surface area contributed by atoms with Gasteiger partial charge < -0.3 is 10.1 Å². The van der Waals surface area contributed by atoms with Crippen LogP contribution in [0.3, 0.4) is 0 Å². The van der Waals surface area contributed by atoms with Gasteiger partial charge in [0, 0.05) is 18.8 Å². The molecule has 0 saturated carbocycles. The van der Waals surface area contributed by atoms with E-state index in [2.05, 4.69) is 34.2 Å². The maximum Gasteiger partial charge on any atom is 0.318 e. The molecule has 2 heterocycles. The van der Waals surface area contributed by atoms with Crippen molar-refractivity contribution < 1.29 is 4.74 Å². The van der Waals surface area contributed by atoms with E-state index in [-0.39, 0.29) is 6.04 Å². The zero-order valence-electron chi connectivity index (χ0n) is 12.9. The molecule has 21 heavy (non-hydrogen) atoms. The minimum atomic E-state index is 0.156. The summed E-state index contributed by atoms with van der Waals surface area (Å²) in [6, 6.07) is 0.451. The quantitative estimate of drug-likeness (QED) is 0.919. The van der Waals surface area contributed by atoms with Gasteiger partial charge in [-0.05, 0) is 32.8 Å². The van der Waals surface area contributed by atoms with Crippen LogP contribution in [-0.2, 0) is 13.5 Å². The van der Waals surface area contributed by atoms with Crippen LogP contribution >= 0.6 is 11.6 Å². The van der Waals surface area contributed by atoms with Gasteiger partial charge >= 0.3 is 6.01 Å². The molecule has 0 amide bonds. The lowest BCUT2D eigenvalue weighted by Gasteiger charge is -2.16. The fraction of sp³-hybridized carbons (Fsp3) is 0.500. The van der Waals surface area contributed by atoms with Crippen molar-refractivity contribution in [3.8, 4) is 6.01 Å². The molecule has 0 aliphatic heterocycles. The molecule has 0 aromatic carbocycles. The van der Waals surface area contributed by atoms with Crippen LogP contribution < -0.4 is 10.1 Å². The van der Waals surface area contributed by atoms with E-state index in [0.29, 0.717) is 16.9 Å². The largest absolute Gasteiger partial charge is 0.467 e. The summed E-state index contributed by atoms with van der Waals surface area (Å²) in [5.74, 6) is 0.579. The lowest BCUT2D eigenvalue weighted by molar-refractivity contribution is 0.380. The van der Waals surface area contributed by atoms with E-state index in [1.54, 1.807) is 0 Å². The minimum Gasteiger partial charge on any atom is -0.467 e. The molecular weight excluding hydrogens is 290 g/mol. The molecular formula is C14H20ClN5O. The van der Waals surface area contributed by atoms with Crippen molar-refractivity contribution in [2.24, 2.45) is 7.05 Å². The third-order valence-electron chi connectivity index (χ3n) is 3.46. The summed E-state index contributed by atoms with van der Waals surface area (Å²) in [6.45, 7) is 6.18. The van der Waals surface area contributed by atoms with Gasteiger partial charge in [0.25, 0.3) is 0 Å². The Hall–Kier alpha value is -1.82. The third-order valence-corrected chi connectivity index (χ3v) is 3.73. The summed E-state index contributed by atoms with van der Waals surface area (Å²) in [5.41, 5.74) is 3.47. The number of hydrogen-bond acceptors (Lipinski definition) is 5. The number of nitrogens with one attached hydrogen (secondary N) is 1. The molecule has 2 aromatic rings. The molecule has 1 atom stereocenters. The molecule has 0 spiro atoms. The fourth-order valence-corrected chi connectivity index (χ4v) is 2.40. The third kappa shape index (κ3) is 3.44. The SMILES string of the molecule is COc1ncc(Cl)c(NC(C)Cc2c(C)nn(C)c2C)n1. The number of methoxy groups -OCH3 is 1. The van der Waals surface area contributed by atoms with Gasteiger partial charge in [-0.25, -0.2) is 4.98 Å². The Morgan fingerprint density at radius 2 is 2.14 bits per heavy atom. The van der Waals surface area contributed by atoms with Gasteiger partial charge in [-0.2, -0.15) is 10.1 Å². The van der Waals surface area contributed by atoms with Crippen LogP contribution in [0.25, 0.3) is 0 Å². The molecule has 0 bridgehead atoms. The molecule has 0 aliphatic carbocycles. The first kappa shape index (κ1) is 15.6. The van der Waals surface area contributed by atoms with Crippen molar-refractivity contribution in [2.75, 3.05) is 12.4 Å². The summed E-state index contributed by atoms with van der Waals surface area (Å²) < 4.78 is 6.92. The van der Waals surface area contributed by atoms with E-state index in [9.17, 15) is 0 Å². The van der Waals surface area contributed by atoms with E-state index in [1.165, 1.54) is 24.6 Å².